The molecule has 29 heavy (non-hydrogen) atoms. The first-order valence-corrected chi connectivity index (χ1v) is 9.38. The smallest absolute Gasteiger partial charge is 0.331 e. The number of esters is 1. The number of ether oxygens (including phenoxy) is 1. The van der Waals surface area contributed by atoms with Crippen molar-refractivity contribution >= 4 is 41.1 Å². The number of carbonyl (C=O) groups is 3. The zero-order valence-corrected chi connectivity index (χ0v) is 17.3. The highest BCUT2D eigenvalue weighted by atomic mass is 35.5. The topological polar surface area (TPSA) is 84.5 Å². The molecular weight excluding hydrogens is 392 g/mol. The van der Waals surface area contributed by atoms with Crippen molar-refractivity contribution in [3.8, 4) is 0 Å². The van der Waals surface area contributed by atoms with E-state index in [-0.39, 0.29) is 12.5 Å². The summed E-state index contributed by atoms with van der Waals surface area (Å²) in [6.45, 7) is 4.96. The summed E-state index contributed by atoms with van der Waals surface area (Å²) < 4.78 is 4.87. The van der Waals surface area contributed by atoms with Gasteiger partial charge in [-0.3, -0.25) is 9.59 Å². The van der Waals surface area contributed by atoms with Gasteiger partial charge >= 0.3 is 5.97 Å². The van der Waals surface area contributed by atoms with E-state index in [0.717, 1.165) is 27.9 Å². The summed E-state index contributed by atoms with van der Waals surface area (Å²) in [5.74, 6) is -1.60. The number of anilines is 1. The minimum atomic E-state index is -0.670. The average Bonchev–Trinajstić information content (AvgIpc) is 2.68. The standard InChI is InChI=1S/C22H23ClN2O4/c1-14-7-8-17(11-18(14)23)9-10-21(28)29-13-20(27)24-12-19(26)25-22-15(2)5-4-6-16(22)3/h4-11H,12-13H2,1-3H3,(H,24,27)(H,25,26). The van der Waals surface area contributed by atoms with Crippen LogP contribution in [0, 0.1) is 20.8 Å². The van der Waals surface area contributed by atoms with E-state index in [1.54, 1.807) is 12.1 Å². The van der Waals surface area contributed by atoms with E-state index < -0.39 is 18.5 Å². The van der Waals surface area contributed by atoms with Crippen LogP contribution in [-0.4, -0.2) is 30.9 Å². The lowest BCUT2D eigenvalue weighted by Gasteiger charge is -2.11. The van der Waals surface area contributed by atoms with Crippen LogP contribution in [0.4, 0.5) is 5.69 Å². The van der Waals surface area contributed by atoms with Gasteiger partial charge in [-0.1, -0.05) is 41.9 Å². The van der Waals surface area contributed by atoms with E-state index in [0.29, 0.717) is 5.02 Å². The number of para-hydroxylation sites is 1. The molecule has 0 saturated carbocycles. The zero-order valence-electron chi connectivity index (χ0n) is 16.5. The Morgan fingerprint density at radius 1 is 1.00 bits per heavy atom. The first-order chi connectivity index (χ1) is 13.8. The van der Waals surface area contributed by atoms with Crippen LogP contribution in [0.1, 0.15) is 22.3 Å². The molecule has 6 nitrogen and oxygen atoms in total. The van der Waals surface area contributed by atoms with E-state index in [9.17, 15) is 14.4 Å². The van der Waals surface area contributed by atoms with Crippen molar-refractivity contribution in [1.29, 1.82) is 0 Å². The minimum absolute atomic E-state index is 0.220. The van der Waals surface area contributed by atoms with E-state index in [4.69, 9.17) is 16.3 Å². The molecule has 0 atom stereocenters. The zero-order chi connectivity index (χ0) is 21.4. The predicted molar refractivity (Wildman–Crippen MR) is 114 cm³/mol. The van der Waals surface area contributed by atoms with Gasteiger partial charge in [-0.05, 0) is 55.2 Å². The van der Waals surface area contributed by atoms with Crippen molar-refractivity contribution in [2.75, 3.05) is 18.5 Å². The van der Waals surface area contributed by atoms with Gasteiger partial charge in [0.25, 0.3) is 5.91 Å². The fraction of sp³-hybridized carbons (Fsp3) is 0.227. The molecule has 0 aliphatic heterocycles. The van der Waals surface area contributed by atoms with Crippen molar-refractivity contribution in [3.05, 3.63) is 69.8 Å². The van der Waals surface area contributed by atoms with E-state index in [1.807, 2.05) is 51.1 Å². The van der Waals surface area contributed by atoms with Crippen molar-refractivity contribution in [2.45, 2.75) is 20.8 Å². The summed E-state index contributed by atoms with van der Waals surface area (Å²) in [5.41, 5.74) is 4.26. The minimum Gasteiger partial charge on any atom is -0.452 e. The van der Waals surface area contributed by atoms with Crippen molar-refractivity contribution < 1.29 is 19.1 Å². The Morgan fingerprint density at radius 2 is 1.69 bits per heavy atom. The molecule has 2 amide bonds. The maximum Gasteiger partial charge on any atom is 0.331 e. The second-order valence-electron chi connectivity index (χ2n) is 6.54. The number of benzene rings is 2. The van der Waals surface area contributed by atoms with Crippen LogP contribution in [0.5, 0.6) is 0 Å². The molecule has 2 rings (SSSR count). The first-order valence-electron chi connectivity index (χ1n) is 9.00. The number of carbonyl (C=O) groups excluding carboxylic acids is 3. The highest BCUT2D eigenvalue weighted by Crippen LogP contribution is 2.19. The third-order valence-corrected chi connectivity index (χ3v) is 4.55. The highest BCUT2D eigenvalue weighted by molar-refractivity contribution is 6.31. The average molecular weight is 415 g/mol. The van der Waals surface area contributed by atoms with Gasteiger partial charge in [0.1, 0.15) is 0 Å². The molecule has 2 aromatic rings. The van der Waals surface area contributed by atoms with Crippen molar-refractivity contribution in [3.63, 3.8) is 0 Å². The molecular formula is C22H23ClN2O4. The Morgan fingerprint density at radius 3 is 2.34 bits per heavy atom. The quantitative estimate of drug-likeness (QED) is 0.535. The van der Waals surface area contributed by atoms with Crippen LogP contribution in [0.2, 0.25) is 5.02 Å². The number of aryl methyl sites for hydroxylation is 3. The molecule has 0 aromatic heterocycles. The Hall–Kier alpha value is -3.12. The molecule has 0 fully saturated rings. The van der Waals surface area contributed by atoms with Crippen LogP contribution >= 0.6 is 11.6 Å². The number of halogens is 1. The maximum absolute atomic E-state index is 12.0. The Labute approximate surface area is 174 Å². The van der Waals surface area contributed by atoms with Crippen LogP contribution in [0.15, 0.2) is 42.5 Å². The molecule has 152 valence electrons. The van der Waals surface area contributed by atoms with E-state index >= 15 is 0 Å². The summed E-state index contributed by atoms with van der Waals surface area (Å²) in [6.07, 6.45) is 2.76. The molecule has 0 aliphatic carbocycles. The summed E-state index contributed by atoms with van der Waals surface area (Å²) in [5, 5.41) is 5.77. The second kappa shape index (κ2) is 10.4. The number of amides is 2. The van der Waals surface area contributed by atoms with Crippen LogP contribution in [0.3, 0.4) is 0 Å². The van der Waals surface area contributed by atoms with Crippen molar-refractivity contribution in [1.82, 2.24) is 5.32 Å². The molecule has 2 aromatic carbocycles. The van der Waals surface area contributed by atoms with Crippen LogP contribution in [0.25, 0.3) is 6.08 Å². The number of nitrogens with one attached hydrogen (secondary N) is 2. The number of rotatable bonds is 7. The molecule has 0 bridgehead atoms. The Kier molecular flexibility index (Phi) is 7.98. The van der Waals surface area contributed by atoms with Gasteiger partial charge in [-0.2, -0.15) is 0 Å². The highest BCUT2D eigenvalue weighted by Gasteiger charge is 2.10. The molecule has 0 heterocycles. The molecule has 0 saturated heterocycles. The fourth-order valence-corrected chi connectivity index (χ4v) is 2.68. The normalized spacial score (nSPS) is 10.6. The summed E-state index contributed by atoms with van der Waals surface area (Å²) in [4.78, 5) is 35.5. The summed E-state index contributed by atoms with van der Waals surface area (Å²) in [6, 6.07) is 11.1. The second-order valence-corrected chi connectivity index (χ2v) is 6.95. The van der Waals surface area contributed by atoms with Crippen molar-refractivity contribution in [2.24, 2.45) is 0 Å². The predicted octanol–water partition coefficient (Wildman–Crippen LogP) is 3.58. The monoisotopic (exact) mass is 414 g/mol. The molecule has 0 spiro atoms. The van der Waals surface area contributed by atoms with Gasteiger partial charge in [-0.15, -0.1) is 0 Å². The van der Waals surface area contributed by atoms with Gasteiger partial charge in [0.05, 0.1) is 6.54 Å². The Balaban J connectivity index is 1.74. The van der Waals surface area contributed by atoms with Gasteiger partial charge in [0.2, 0.25) is 5.91 Å². The SMILES string of the molecule is Cc1ccc(C=CC(=O)OCC(=O)NCC(=O)Nc2c(C)cccc2C)cc1Cl. The molecule has 7 heteroatoms. The molecule has 0 aliphatic rings. The largest absolute Gasteiger partial charge is 0.452 e. The van der Waals surface area contributed by atoms with Crippen LogP contribution in [-0.2, 0) is 19.1 Å². The van der Waals surface area contributed by atoms with Crippen LogP contribution < -0.4 is 10.6 Å². The third kappa shape index (κ3) is 7.08. The summed E-state index contributed by atoms with van der Waals surface area (Å²) >= 11 is 6.02. The lowest BCUT2D eigenvalue weighted by atomic mass is 10.1. The molecule has 0 unspecified atom stereocenters. The summed E-state index contributed by atoms with van der Waals surface area (Å²) in [7, 11) is 0. The molecule has 2 N–H and O–H groups in total. The van der Waals surface area contributed by atoms with Gasteiger partial charge < -0.3 is 15.4 Å². The van der Waals surface area contributed by atoms with E-state index in [2.05, 4.69) is 10.6 Å². The van der Waals surface area contributed by atoms with Gasteiger partial charge in [0, 0.05) is 16.8 Å². The molecule has 0 radical (unpaired) electrons. The first kappa shape index (κ1) is 22.2. The van der Waals surface area contributed by atoms with E-state index in [1.165, 1.54) is 6.08 Å². The third-order valence-electron chi connectivity index (χ3n) is 4.14. The lowest BCUT2D eigenvalue weighted by molar-refractivity contribution is -0.143. The van der Waals surface area contributed by atoms with Gasteiger partial charge in [-0.25, -0.2) is 4.79 Å². The number of hydrogen-bond donors (Lipinski definition) is 2. The number of hydrogen-bond acceptors (Lipinski definition) is 4. The maximum atomic E-state index is 12.0. The fourth-order valence-electron chi connectivity index (χ4n) is 2.49. The lowest BCUT2D eigenvalue weighted by Crippen LogP contribution is -2.35. The van der Waals surface area contributed by atoms with Gasteiger partial charge in [0.15, 0.2) is 6.61 Å². The Bertz CT molecular complexity index is 934.